The lowest BCUT2D eigenvalue weighted by Gasteiger charge is -2.39. The molecule has 102 valence electrons. The molecule has 0 radical (unpaired) electrons. The lowest BCUT2D eigenvalue weighted by molar-refractivity contribution is 0.146. The first-order valence-electron chi connectivity index (χ1n) is 7.54. The lowest BCUT2D eigenvalue weighted by atomic mass is 9.68. The Kier molecular flexibility index (Phi) is 7.61. The average molecular weight is 257 g/mol. The minimum Gasteiger partial charge on any atom is -0.330 e. The zero-order valence-electron chi connectivity index (χ0n) is 11.8. The minimum absolute atomic E-state index is 0.505. The Morgan fingerprint density at radius 1 is 1.24 bits per heavy atom. The van der Waals surface area contributed by atoms with E-state index in [4.69, 9.17) is 5.73 Å². The van der Waals surface area contributed by atoms with Crippen LogP contribution in [0.15, 0.2) is 0 Å². The molecule has 1 aliphatic rings. The number of thioether (sulfide) groups is 1. The van der Waals surface area contributed by atoms with E-state index in [2.05, 4.69) is 25.6 Å². The van der Waals surface area contributed by atoms with Gasteiger partial charge in [0.2, 0.25) is 0 Å². The summed E-state index contributed by atoms with van der Waals surface area (Å²) in [5.74, 6) is 3.57. The number of hydrogen-bond donors (Lipinski definition) is 1. The van der Waals surface area contributed by atoms with E-state index < -0.39 is 0 Å². The molecule has 1 fully saturated rings. The molecule has 17 heavy (non-hydrogen) atoms. The highest BCUT2D eigenvalue weighted by atomic mass is 32.2. The Balaban J connectivity index is 2.29. The molecule has 2 heteroatoms. The second kappa shape index (κ2) is 8.42. The largest absolute Gasteiger partial charge is 0.330 e. The fourth-order valence-electron chi connectivity index (χ4n) is 3.06. The standard InChI is InChI=1S/C15H31NS/c1-3-5-6-14-7-9-15(13-16,10-8-14)11-12-17-4-2/h14H,3-13,16H2,1-2H3. The molecule has 0 amide bonds. The molecule has 2 N–H and O–H groups in total. The first-order chi connectivity index (χ1) is 8.26. The third kappa shape index (κ3) is 5.21. The van der Waals surface area contributed by atoms with Gasteiger partial charge < -0.3 is 5.73 Å². The van der Waals surface area contributed by atoms with Crippen LogP contribution >= 0.6 is 11.8 Å². The Morgan fingerprint density at radius 2 is 1.94 bits per heavy atom. The third-order valence-electron chi connectivity index (χ3n) is 4.55. The van der Waals surface area contributed by atoms with Crippen molar-refractivity contribution in [2.75, 3.05) is 18.1 Å². The van der Waals surface area contributed by atoms with Gasteiger partial charge in [-0.15, -0.1) is 0 Å². The van der Waals surface area contributed by atoms with E-state index in [1.807, 2.05) is 0 Å². The Hall–Kier alpha value is 0.310. The third-order valence-corrected chi connectivity index (χ3v) is 5.45. The normalized spacial score (nSPS) is 29.5. The molecule has 0 spiro atoms. The maximum atomic E-state index is 6.06. The van der Waals surface area contributed by atoms with Crippen molar-refractivity contribution < 1.29 is 0 Å². The molecule has 0 saturated heterocycles. The highest BCUT2D eigenvalue weighted by Crippen LogP contribution is 2.42. The number of nitrogens with two attached hydrogens (primary N) is 1. The van der Waals surface area contributed by atoms with Gasteiger partial charge in [-0.2, -0.15) is 11.8 Å². The topological polar surface area (TPSA) is 26.0 Å². The summed E-state index contributed by atoms with van der Waals surface area (Å²) >= 11 is 2.07. The van der Waals surface area contributed by atoms with Gasteiger partial charge in [-0.1, -0.05) is 33.1 Å². The molecular formula is C15H31NS. The molecule has 1 rings (SSSR count). The van der Waals surface area contributed by atoms with E-state index >= 15 is 0 Å². The number of rotatable bonds is 8. The average Bonchev–Trinajstić information content (AvgIpc) is 2.38. The Morgan fingerprint density at radius 3 is 2.47 bits per heavy atom. The molecular weight excluding hydrogens is 226 g/mol. The molecule has 0 aromatic heterocycles. The van der Waals surface area contributed by atoms with Gasteiger partial charge in [0.15, 0.2) is 0 Å². The molecule has 1 aliphatic carbocycles. The van der Waals surface area contributed by atoms with Crippen LogP contribution in [0.1, 0.15) is 65.2 Å². The van der Waals surface area contributed by atoms with Gasteiger partial charge in [-0.05, 0) is 61.5 Å². The van der Waals surface area contributed by atoms with Crippen molar-refractivity contribution >= 4 is 11.8 Å². The van der Waals surface area contributed by atoms with Crippen molar-refractivity contribution in [2.24, 2.45) is 17.1 Å². The fourth-order valence-corrected chi connectivity index (χ4v) is 3.93. The monoisotopic (exact) mass is 257 g/mol. The van der Waals surface area contributed by atoms with Crippen LogP contribution in [0.2, 0.25) is 0 Å². The van der Waals surface area contributed by atoms with E-state index in [1.54, 1.807) is 0 Å². The van der Waals surface area contributed by atoms with Crippen LogP contribution in [0.25, 0.3) is 0 Å². The molecule has 0 aromatic rings. The molecule has 1 saturated carbocycles. The molecule has 0 heterocycles. The van der Waals surface area contributed by atoms with Gasteiger partial charge in [0.1, 0.15) is 0 Å². The summed E-state index contributed by atoms with van der Waals surface area (Å²) in [5.41, 5.74) is 6.56. The summed E-state index contributed by atoms with van der Waals surface area (Å²) in [6.45, 7) is 5.47. The minimum atomic E-state index is 0.505. The molecule has 1 nitrogen and oxygen atoms in total. The van der Waals surface area contributed by atoms with Crippen LogP contribution in [0, 0.1) is 11.3 Å². The number of hydrogen-bond acceptors (Lipinski definition) is 2. The van der Waals surface area contributed by atoms with Crippen LogP contribution in [-0.4, -0.2) is 18.1 Å². The van der Waals surface area contributed by atoms with Crippen LogP contribution in [0.3, 0.4) is 0 Å². The van der Waals surface area contributed by atoms with Crippen LogP contribution in [-0.2, 0) is 0 Å². The second-order valence-corrected chi connectivity index (χ2v) is 7.13. The summed E-state index contributed by atoms with van der Waals surface area (Å²) in [7, 11) is 0. The van der Waals surface area contributed by atoms with E-state index in [1.165, 1.54) is 62.9 Å². The SMILES string of the molecule is CCCCC1CCC(CN)(CCSCC)CC1. The van der Waals surface area contributed by atoms with Crippen molar-refractivity contribution in [1.82, 2.24) is 0 Å². The maximum Gasteiger partial charge on any atom is -0.00202 e. The zero-order valence-corrected chi connectivity index (χ0v) is 12.7. The number of unbranched alkanes of at least 4 members (excludes halogenated alkanes) is 1. The van der Waals surface area contributed by atoms with E-state index in [-0.39, 0.29) is 0 Å². The van der Waals surface area contributed by atoms with Crippen LogP contribution in [0.5, 0.6) is 0 Å². The fraction of sp³-hybridized carbons (Fsp3) is 1.00. The van der Waals surface area contributed by atoms with Gasteiger partial charge in [-0.25, -0.2) is 0 Å². The van der Waals surface area contributed by atoms with Gasteiger partial charge in [-0.3, -0.25) is 0 Å². The summed E-state index contributed by atoms with van der Waals surface area (Å²) in [4.78, 5) is 0. The van der Waals surface area contributed by atoms with Gasteiger partial charge >= 0.3 is 0 Å². The van der Waals surface area contributed by atoms with E-state index in [0.717, 1.165) is 12.5 Å². The summed E-state index contributed by atoms with van der Waals surface area (Å²) in [6, 6.07) is 0. The van der Waals surface area contributed by atoms with Crippen molar-refractivity contribution in [2.45, 2.75) is 65.2 Å². The van der Waals surface area contributed by atoms with Gasteiger partial charge in [0.05, 0.1) is 0 Å². The van der Waals surface area contributed by atoms with Crippen molar-refractivity contribution in [3.05, 3.63) is 0 Å². The smallest absolute Gasteiger partial charge is 0.00202 e. The van der Waals surface area contributed by atoms with Crippen molar-refractivity contribution in [3.63, 3.8) is 0 Å². The first-order valence-corrected chi connectivity index (χ1v) is 8.69. The summed E-state index contributed by atoms with van der Waals surface area (Å²) in [5, 5.41) is 0. The van der Waals surface area contributed by atoms with E-state index in [0.29, 0.717) is 5.41 Å². The van der Waals surface area contributed by atoms with Crippen LogP contribution < -0.4 is 5.73 Å². The molecule has 0 unspecified atom stereocenters. The van der Waals surface area contributed by atoms with Crippen molar-refractivity contribution in [1.29, 1.82) is 0 Å². The predicted molar refractivity (Wildman–Crippen MR) is 80.6 cm³/mol. The molecule has 0 bridgehead atoms. The molecule has 0 atom stereocenters. The predicted octanol–water partition coefficient (Wildman–Crippen LogP) is 4.46. The highest BCUT2D eigenvalue weighted by molar-refractivity contribution is 7.99. The first kappa shape index (κ1) is 15.4. The summed E-state index contributed by atoms with van der Waals surface area (Å²) in [6.07, 6.45) is 11.2. The zero-order chi connectivity index (χ0) is 12.6. The lowest BCUT2D eigenvalue weighted by Crippen LogP contribution is -2.35. The molecule has 0 aromatic carbocycles. The van der Waals surface area contributed by atoms with Crippen LogP contribution in [0.4, 0.5) is 0 Å². The highest BCUT2D eigenvalue weighted by Gasteiger charge is 2.33. The van der Waals surface area contributed by atoms with Crippen molar-refractivity contribution in [3.8, 4) is 0 Å². The van der Waals surface area contributed by atoms with Gasteiger partial charge in [0.25, 0.3) is 0 Å². The van der Waals surface area contributed by atoms with Gasteiger partial charge in [0, 0.05) is 0 Å². The maximum absolute atomic E-state index is 6.06. The second-order valence-electron chi connectivity index (χ2n) is 5.74. The molecule has 0 aliphatic heterocycles. The van der Waals surface area contributed by atoms with E-state index in [9.17, 15) is 0 Å². The summed E-state index contributed by atoms with van der Waals surface area (Å²) < 4.78 is 0. The Bertz CT molecular complexity index is 185. The Labute approximate surface area is 112 Å². The quantitative estimate of drug-likeness (QED) is 0.650.